The van der Waals surface area contributed by atoms with E-state index in [1.165, 1.54) is 16.0 Å². The molecule has 1 aliphatic carbocycles. The van der Waals surface area contributed by atoms with E-state index < -0.39 is 88.9 Å². The maximum absolute atomic E-state index is 15.6. The second-order valence-electron chi connectivity index (χ2n) is 18.3. The zero-order valence-corrected chi connectivity index (χ0v) is 37.1. The van der Waals surface area contributed by atoms with E-state index in [-0.39, 0.29) is 39.1 Å². The molecule has 2 amide bonds. The molecule has 342 valence electrons. The topological polar surface area (TPSA) is 179 Å². The van der Waals surface area contributed by atoms with Gasteiger partial charge in [0.1, 0.15) is 42.5 Å². The number of cyclic esters (lactones) is 1. The maximum atomic E-state index is 15.6. The Morgan fingerprint density at radius 1 is 0.952 bits per heavy atom. The number of hydrogen-bond donors (Lipinski definition) is 2. The van der Waals surface area contributed by atoms with Gasteiger partial charge in [-0.15, -0.1) is 0 Å². The Hall–Kier alpha value is -4.67. The van der Waals surface area contributed by atoms with Gasteiger partial charge < -0.3 is 39.0 Å². The summed E-state index contributed by atoms with van der Waals surface area (Å²) in [5.74, 6) is -3.77. The molecule has 0 spiro atoms. The van der Waals surface area contributed by atoms with Crippen molar-refractivity contribution in [3.05, 3.63) is 77.4 Å². The molecule has 4 heterocycles. The van der Waals surface area contributed by atoms with Crippen molar-refractivity contribution in [2.24, 2.45) is 10.8 Å². The third-order valence-corrected chi connectivity index (χ3v) is 13.2. The molecular weight excluding hydrogens is 811 g/mol. The number of nitrogens with zero attached hydrogens (tertiary/aromatic N) is 2. The summed E-state index contributed by atoms with van der Waals surface area (Å²) in [6, 6.07) is 14.4. The van der Waals surface area contributed by atoms with Gasteiger partial charge in [-0.05, 0) is 35.6 Å². The molecule has 2 aromatic carbocycles. The minimum absolute atomic E-state index is 0.00365. The second-order valence-corrected chi connectivity index (χ2v) is 18.3. The van der Waals surface area contributed by atoms with Crippen molar-refractivity contribution in [1.82, 2.24) is 15.3 Å². The first-order valence-corrected chi connectivity index (χ1v) is 22.6. The lowest BCUT2D eigenvalue weighted by Crippen LogP contribution is -2.70. The standard InChI is InChI=1S/C48H63N3O12/c1-6-8-13-22-47(23-14-9-7-2)61-37-35-28-48(45(57)50(5)34(42(54)49-24-25-52)27-31-16-11-10-12-17-31)39(43(55)59-35)51(63-40(48)38(37)62-47)29-33-19-15-18-32(26-33)20-21-36(53)60-41-44(56)58-30-46(41,3)4/h10-12,15-21,26,34-35,37-41,52H,6-9,13-14,22-25,27-30H2,1-5H3,(H,49,54). The molecule has 63 heavy (non-hydrogen) atoms. The molecule has 15 heteroatoms. The van der Waals surface area contributed by atoms with E-state index in [9.17, 15) is 24.3 Å². The Kier molecular flexibility index (Phi) is 14.4. The summed E-state index contributed by atoms with van der Waals surface area (Å²) in [5, 5.41) is 13.9. The summed E-state index contributed by atoms with van der Waals surface area (Å²) >= 11 is 0. The van der Waals surface area contributed by atoms with Gasteiger partial charge in [-0.2, -0.15) is 5.06 Å². The smallest absolute Gasteiger partial charge is 0.348 e. The number of aliphatic hydroxyl groups excluding tert-OH is 1. The van der Waals surface area contributed by atoms with Crippen LogP contribution >= 0.6 is 0 Å². The normalized spacial score (nSPS) is 28.3. The van der Waals surface area contributed by atoms with Gasteiger partial charge in [0.15, 0.2) is 11.8 Å². The molecule has 7 rings (SSSR count). The molecule has 1 saturated carbocycles. The third kappa shape index (κ3) is 9.58. The van der Waals surface area contributed by atoms with Crippen LogP contribution in [0.25, 0.3) is 6.08 Å². The molecule has 2 N–H and O–H groups in total. The predicted molar refractivity (Wildman–Crippen MR) is 229 cm³/mol. The zero-order chi connectivity index (χ0) is 44.9. The molecule has 2 bridgehead atoms. The lowest BCUT2D eigenvalue weighted by molar-refractivity contribution is -0.225. The highest BCUT2D eigenvalue weighted by atomic mass is 16.8. The average Bonchev–Trinajstić information content (AvgIpc) is 3.91. The molecule has 5 aliphatic rings. The van der Waals surface area contributed by atoms with Gasteiger partial charge in [-0.1, -0.05) is 108 Å². The van der Waals surface area contributed by atoms with Gasteiger partial charge >= 0.3 is 17.9 Å². The van der Waals surface area contributed by atoms with Crippen LogP contribution in [-0.2, 0) is 65.5 Å². The molecule has 4 saturated heterocycles. The molecule has 5 fully saturated rings. The molecule has 15 nitrogen and oxygen atoms in total. The summed E-state index contributed by atoms with van der Waals surface area (Å²) in [6.07, 6.45) is 5.84. The van der Waals surface area contributed by atoms with Crippen molar-refractivity contribution in [2.75, 3.05) is 26.8 Å². The fourth-order valence-corrected chi connectivity index (χ4v) is 9.92. The monoisotopic (exact) mass is 873 g/mol. The summed E-state index contributed by atoms with van der Waals surface area (Å²) in [6.45, 7) is 7.79. The Morgan fingerprint density at radius 2 is 1.65 bits per heavy atom. The van der Waals surface area contributed by atoms with Crippen LogP contribution in [0.2, 0.25) is 0 Å². The number of aliphatic hydroxyl groups is 1. The Bertz CT molecular complexity index is 2000. The molecule has 2 aromatic rings. The van der Waals surface area contributed by atoms with Crippen LogP contribution in [0.3, 0.4) is 0 Å². The predicted octanol–water partition coefficient (Wildman–Crippen LogP) is 4.81. The van der Waals surface area contributed by atoms with Crippen molar-refractivity contribution < 1.29 is 57.6 Å². The number of rotatable bonds is 20. The van der Waals surface area contributed by atoms with Crippen LogP contribution in [0.15, 0.2) is 60.7 Å². The molecule has 4 aliphatic heterocycles. The van der Waals surface area contributed by atoms with E-state index >= 15 is 4.79 Å². The number of ether oxygens (including phenoxy) is 5. The average molecular weight is 874 g/mol. The number of amides is 2. The van der Waals surface area contributed by atoms with Gasteiger partial charge in [0.2, 0.25) is 17.9 Å². The van der Waals surface area contributed by atoms with Crippen LogP contribution in [0.4, 0.5) is 0 Å². The van der Waals surface area contributed by atoms with E-state index in [0.717, 1.165) is 44.1 Å². The van der Waals surface area contributed by atoms with Crippen LogP contribution in [0, 0.1) is 10.8 Å². The fraction of sp³-hybridized carbons (Fsp3) is 0.604. The van der Waals surface area contributed by atoms with Crippen molar-refractivity contribution >= 4 is 35.8 Å². The maximum Gasteiger partial charge on any atom is 0.348 e. The number of benzene rings is 2. The first kappa shape index (κ1) is 46.3. The number of carbonyl (C=O) groups is 5. The largest absolute Gasteiger partial charge is 0.462 e. The lowest BCUT2D eigenvalue weighted by atomic mass is 9.62. The van der Waals surface area contributed by atoms with E-state index in [1.807, 2.05) is 42.5 Å². The van der Waals surface area contributed by atoms with Crippen LogP contribution in [0.5, 0.6) is 0 Å². The summed E-state index contributed by atoms with van der Waals surface area (Å²) < 4.78 is 30.8. The van der Waals surface area contributed by atoms with Gasteiger partial charge in [-0.3, -0.25) is 19.2 Å². The number of hydroxylamine groups is 2. The number of likely N-dealkylation sites (N-methyl/N-ethyl adjacent to an activating group) is 1. The summed E-state index contributed by atoms with van der Waals surface area (Å²) in [7, 11) is 1.58. The van der Waals surface area contributed by atoms with Gasteiger partial charge in [0.05, 0.1) is 13.2 Å². The number of esters is 3. The minimum atomic E-state index is -1.54. The lowest BCUT2D eigenvalue weighted by Gasteiger charge is -2.50. The molecule has 0 radical (unpaired) electrons. The van der Waals surface area contributed by atoms with Crippen LogP contribution < -0.4 is 5.32 Å². The highest BCUT2D eigenvalue weighted by Crippen LogP contribution is 2.58. The number of nitrogens with one attached hydrogen (secondary N) is 1. The van der Waals surface area contributed by atoms with Gasteiger partial charge in [0, 0.05) is 50.8 Å². The van der Waals surface area contributed by atoms with E-state index in [0.29, 0.717) is 24.0 Å². The van der Waals surface area contributed by atoms with Gasteiger partial charge in [0.25, 0.3) is 0 Å². The first-order valence-electron chi connectivity index (χ1n) is 22.6. The zero-order valence-electron chi connectivity index (χ0n) is 37.1. The van der Waals surface area contributed by atoms with Crippen molar-refractivity contribution in [3.8, 4) is 0 Å². The highest BCUT2D eigenvalue weighted by molar-refractivity contribution is 5.96. The Morgan fingerprint density at radius 3 is 2.32 bits per heavy atom. The third-order valence-electron chi connectivity index (χ3n) is 13.2. The number of unbranched alkanes of at least 4 members (excludes halogenated alkanes) is 4. The second kappa shape index (κ2) is 19.6. The number of carbonyl (C=O) groups excluding carboxylic acids is 5. The van der Waals surface area contributed by atoms with E-state index in [2.05, 4.69) is 19.2 Å². The number of fused-ring (bicyclic) bond motifs is 4. The van der Waals surface area contributed by atoms with Crippen molar-refractivity contribution in [1.29, 1.82) is 0 Å². The molecule has 8 unspecified atom stereocenters. The quantitative estimate of drug-likeness (QED) is 0.0802. The van der Waals surface area contributed by atoms with E-state index in [1.54, 1.807) is 39.1 Å². The first-order chi connectivity index (χ1) is 30.3. The minimum Gasteiger partial charge on any atom is -0.462 e. The highest BCUT2D eigenvalue weighted by Gasteiger charge is 2.76. The molecule has 0 aromatic heterocycles. The fourth-order valence-electron chi connectivity index (χ4n) is 9.92. The van der Waals surface area contributed by atoms with Gasteiger partial charge in [-0.25, -0.2) is 9.59 Å². The molecule has 8 atom stereocenters. The van der Waals surface area contributed by atoms with Crippen molar-refractivity contribution in [3.63, 3.8) is 0 Å². The summed E-state index contributed by atoms with van der Waals surface area (Å²) in [4.78, 5) is 77.4. The summed E-state index contributed by atoms with van der Waals surface area (Å²) in [5.41, 5.74) is -0.0229. The van der Waals surface area contributed by atoms with E-state index in [4.69, 9.17) is 28.5 Å². The van der Waals surface area contributed by atoms with Crippen LogP contribution in [0.1, 0.15) is 102 Å². The Labute approximate surface area is 369 Å². The van der Waals surface area contributed by atoms with Crippen LogP contribution in [-0.4, -0.2) is 120 Å². The SMILES string of the molecule is CCCCCC1(CCCCC)OC2C3CC4(C(=O)N(C)C(Cc5ccccc5)C(=O)NCCO)C(ON(Cc5cccc(C=CC(=O)OC6C(=O)OCC6(C)C)c5)C4C(=O)O3)C2O1. The molecular formula is C48H63N3O12. The van der Waals surface area contributed by atoms with Crippen molar-refractivity contribution in [2.45, 2.75) is 147 Å². The Balaban J connectivity index is 1.22. The number of hydrogen-bond acceptors (Lipinski definition) is 13.